The first-order valence-electron chi connectivity index (χ1n) is 5.44. The predicted octanol–water partition coefficient (Wildman–Crippen LogP) is 0.479. The Morgan fingerprint density at radius 3 is 2.54 bits per heavy atom. The summed E-state index contributed by atoms with van der Waals surface area (Å²) in [5.74, 6) is 0. The summed E-state index contributed by atoms with van der Waals surface area (Å²) in [7, 11) is 2.20. The van der Waals surface area contributed by atoms with Crippen LogP contribution in [0.25, 0.3) is 0 Å². The molecule has 3 nitrogen and oxygen atoms in total. The van der Waals surface area contributed by atoms with Crippen molar-refractivity contribution in [3.05, 3.63) is 0 Å². The van der Waals surface area contributed by atoms with Crippen molar-refractivity contribution in [2.24, 2.45) is 0 Å². The van der Waals surface area contributed by atoms with E-state index < -0.39 is 0 Å². The Morgan fingerprint density at radius 1 is 1.23 bits per heavy atom. The zero-order valence-electron chi connectivity index (χ0n) is 9.05. The van der Waals surface area contributed by atoms with E-state index in [1.165, 1.54) is 45.7 Å². The van der Waals surface area contributed by atoms with Gasteiger partial charge in [-0.15, -0.1) is 0 Å². The quantitative estimate of drug-likeness (QED) is 0.632. The third kappa shape index (κ3) is 4.60. The number of piperazine rings is 1. The number of hydrogen-bond acceptors (Lipinski definition) is 3. The molecule has 3 heteroatoms. The molecule has 1 saturated heterocycles. The zero-order chi connectivity index (χ0) is 9.52. The van der Waals surface area contributed by atoms with E-state index in [2.05, 4.69) is 29.1 Å². The molecule has 1 aliphatic rings. The van der Waals surface area contributed by atoms with E-state index in [1.54, 1.807) is 0 Å². The average Bonchev–Trinajstić information content (AvgIpc) is 2.15. The summed E-state index contributed by atoms with van der Waals surface area (Å²) in [6.07, 6.45) is 1.29. The van der Waals surface area contributed by atoms with Crippen LogP contribution in [-0.4, -0.2) is 62.7 Å². The fourth-order valence-corrected chi connectivity index (χ4v) is 1.68. The van der Waals surface area contributed by atoms with Gasteiger partial charge in [-0.3, -0.25) is 0 Å². The van der Waals surface area contributed by atoms with Gasteiger partial charge in [-0.2, -0.15) is 0 Å². The minimum absolute atomic E-state index is 0. The van der Waals surface area contributed by atoms with E-state index in [0.717, 1.165) is 6.54 Å². The smallest absolute Gasteiger partial charge is 0.0110 e. The van der Waals surface area contributed by atoms with Crippen LogP contribution in [0.3, 0.4) is 0 Å². The molecule has 13 heavy (non-hydrogen) atoms. The van der Waals surface area contributed by atoms with Gasteiger partial charge in [0.1, 0.15) is 0 Å². The van der Waals surface area contributed by atoms with Crippen molar-refractivity contribution in [3.8, 4) is 0 Å². The van der Waals surface area contributed by atoms with E-state index in [0.29, 0.717) is 0 Å². The van der Waals surface area contributed by atoms with Gasteiger partial charge >= 0.3 is 0 Å². The van der Waals surface area contributed by atoms with Gasteiger partial charge in [0.15, 0.2) is 0 Å². The van der Waals surface area contributed by atoms with E-state index in [1.807, 2.05) is 0 Å². The molecule has 0 amide bonds. The molecule has 1 heterocycles. The Morgan fingerprint density at radius 2 is 1.92 bits per heavy atom. The molecule has 0 aromatic carbocycles. The van der Waals surface area contributed by atoms with Crippen LogP contribution in [0.5, 0.6) is 0 Å². The second kappa shape index (κ2) is 6.35. The third-order valence-electron chi connectivity index (χ3n) is 2.67. The first kappa shape index (κ1) is 11.0. The molecule has 0 aromatic rings. The molecule has 0 saturated carbocycles. The Labute approximate surface area is 83.6 Å². The van der Waals surface area contributed by atoms with Crippen molar-refractivity contribution >= 4 is 0 Å². The van der Waals surface area contributed by atoms with Crippen LogP contribution in [0, 0.1) is 0 Å². The Kier molecular flexibility index (Phi) is 5.35. The van der Waals surface area contributed by atoms with Crippen LogP contribution < -0.4 is 5.32 Å². The van der Waals surface area contributed by atoms with E-state index in [-0.39, 0.29) is 1.43 Å². The maximum Gasteiger partial charge on any atom is 0.0110 e. The van der Waals surface area contributed by atoms with Crippen molar-refractivity contribution in [2.75, 3.05) is 52.9 Å². The van der Waals surface area contributed by atoms with Gasteiger partial charge in [-0.1, -0.05) is 6.92 Å². The normalized spacial score (nSPS) is 20.8. The summed E-state index contributed by atoms with van der Waals surface area (Å²) in [6, 6.07) is 0. The summed E-state index contributed by atoms with van der Waals surface area (Å²) in [6.45, 7) is 10.7. The first-order valence-corrected chi connectivity index (χ1v) is 5.44. The summed E-state index contributed by atoms with van der Waals surface area (Å²) in [5, 5.41) is 3.36. The highest BCUT2D eigenvalue weighted by Crippen LogP contribution is 1.99. The predicted molar refractivity (Wildman–Crippen MR) is 59.2 cm³/mol. The topological polar surface area (TPSA) is 18.5 Å². The van der Waals surface area contributed by atoms with Crippen molar-refractivity contribution in [1.29, 1.82) is 0 Å². The van der Waals surface area contributed by atoms with Gasteiger partial charge in [0, 0.05) is 27.6 Å². The number of likely N-dealkylation sites (N-methyl/N-ethyl adjacent to an activating group) is 1. The van der Waals surface area contributed by atoms with Crippen LogP contribution >= 0.6 is 0 Å². The fourth-order valence-electron chi connectivity index (χ4n) is 1.68. The minimum atomic E-state index is 0. The van der Waals surface area contributed by atoms with Crippen molar-refractivity contribution in [1.82, 2.24) is 15.1 Å². The average molecular weight is 187 g/mol. The maximum atomic E-state index is 3.36. The molecular weight excluding hydrogens is 162 g/mol. The molecular formula is C10H25N3. The summed E-state index contributed by atoms with van der Waals surface area (Å²) >= 11 is 0. The molecule has 0 atom stereocenters. The Hall–Kier alpha value is -0.120. The highest BCUT2D eigenvalue weighted by atomic mass is 15.2. The lowest BCUT2D eigenvalue weighted by Gasteiger charge is -2.32. The van der Waals surface area contributed by atoms with Gasteiger partial charge in [-0.05, 0) is 33.1 Å². The molecule has 1 rings (SSSR count). The lowest BCUT2D eigenvalue weighted by molar-refractivity contribution is 0.153. The standard InChI is InChI=1S/C10H23N3.H2/c1-3-11-5-4-6-13-9-7-12(2)8-10-13;/h11H,3-10H2,1-2H3;1H. The molecule has 0 aromatic heterocycles. The van der Waals surface area contributed by atoms with Gasteiger partial charge in [0.05, 0.1) is 0 Å². The SMILES string of the molecule is CCNCCCN1CCN(C)CC1.[HH]. The number of nitrogens with zero attached hydrogens (tertiary/aromatic N) is 2. The molecule has 0 bridgehead atoms. The molecule has 0 unspecified atom stereocenters. The van der Waals surface area contributed by atoms with Crippen molar-refractivity contribution in [3.63, 3.8) is 0 Å². The van der Waals surface area contributed by atoms with Crippen LogP contribution in [0.2, 0.25) is 0 Å². The first-order chi connectivity index (χ1) is 6.33. The summed E-state index contributed by atoms with van der Waals surface area (Å²) < 4.78 is 0. The Balaban J connectivity index is 0.00000169. The fraction of sp³-hybridized carbons (Fsp3) is 1.00. The third-order valence-corrected chi connectivity index (χ3v) is 2.67. The highest BCUT2D eigenvalue weighted by molar-refractivity contribution is 4.69. The van der Waals surface area contributed by atoms with Gasteiger partial charge in [-0.25, -0.2) is 0 Å². The van der Waals surface area contributed by atoms with Crippen LogP contribution in [0.4, 0.5) is 0 Å². The second-order valence-electron chi connectivity index (χ2n) is 3.85. The van der Waals surface area contributed by atoms with Gasteiger partial charge in [0.2, 0.25) is 0 Å². The van der Waals surface area contributed by atoms with E-state index >= 15 is 0 Å². The van der Waals surface area contributed by atoms with E-state index in [9.17, 15) is 0 Å². The molecule has 1 aliphatic heterocycles. The van der Waals surface area contributed by atoms with Crippen molar-refractivity contribution in [2.45, 2.75) is 13.3 Å². The summed E-state index contributed by atoms with van der Waals surface area (Å²) in [4.78, 5) is 4.97. The van der Waals surface area contributed by atoms with E-state index in [4.69, 9.17) is 0 Å². The highest BCUT2D eigenvalue weighted by Gasteiger charge is 2.12. The molecule has 1 N–H and O–H groups in total. The van der Waals surface area contributed by atoms with Crippen molar-refractivity contribution < 1.29 is 1.43 Å². The lowest BCUT2D eigenvalue weighted by Crippen LogP contribution is -2.45. The summed E-state index contributed by atoms with van der Waals surface area (Å²) in [5.41, 5.74) is 0. The number of rotatable bonds is 5. The molecule has 1 fully saturated rings. The molecule has 0 aliphatic carbocycles. The van der Waals surface area contributed by atoms with Crippen LogP contribution in [0.15, 0.2) is 0 Å². The maximum absolute atomic E-state index is 3.36. The zero-order valence-corrected chi connectivity index (χ0v) is 9.05. The second-order valence-corrected chi connectivity index (χ2v) is 3.85. The molecule has 0 spiro atoms. The monoisotopic (exact) mass is 187 g/mol. The number of nitrogens with one attached hydrogen (secondary N) is 1. The number of hydrogen-bond donors (Lipinski definition) is 1. The lowest BCUT2D eigenvalue weighted by atomic mass is 10.3. The Bertz CT molecular complexity index is 125. The van der Waals surface area contributed by atoms with Gasteiger partial charge in [0.25, 0.3) is 0 Å². The van der Waals surface area contributed by atoms with Crippen LogP contribution in [-0.2, 0) is 0 Å². The van der Waals surface area contributed by atoms with Crippen LogP contribution in [0.1, 0.15) is 14.8 Å². The van der Waals surface area contributed by atoms with Gasteiger partial charge < -0.3 is 15.1 Å². The largest absolute Gasteiger partial charge is 0.317 e. The molecule has 80 valence electrons. The molecule has 0 radical (unpaired) electrons. The minimum Gasteiger partial charge on any atom is -0.317 e.